The van der Waals surface area contributed by atoms with Gasteiger partial charge < -0.3 is 0 Å². The Hall–Kier alpha value is -2.21. The van der Waals surface area contributed by atoms with Crippen molar-refractivity contribution in [2.75, 3.05) is 0 Å². The number of hydrogen-bond acceptors (Lipinski definition) is 0. The zero-order valence-corrected chi connectivity index (χ0v) is 12.7. The maximum atomic E-state index is 13.1. The maximum Gasteiger partial charge on any atom is 0.194 e. The molecule has 23 heavy (non-hydrogen) atoms. The third-order valence-electron chi connectivity index (χ3n) is 4.32. The molecule has 0 bridgehead atoms. The van der Waals surface area contributed by atoms with Crippen LogP contribution in [0.4, 0.5) is 13.2 Å². The molecule has 0 amide bonds. The molecule has 3 heteroatoms. The zero-order valence-electron chi connectivity index (χ0n) is 12.7. The van der Waals surface area contributed by atoms with Gasteiger partial charge in [-0.05, 0) is 48.6 Å². The van der Waals surface area contributed by atoms with Gasteiger partial charge in [0.05, 0.1) is 0 Å². The molecule has 0 heterocycles. The summed E-state index contributed by atoms with van der Waals surface area (Å²) in [5, 5.41) is 0. The van der Waals surface area contributed by atoms with Crippen molar-refractivity contribution in [1.29, 1.82) is 0 Å². The SMILES string of the molecule is Fc1cc(C#Cc2ccc(C3CCCCC3)cc2)cc(F)c1F. The Balaban J connectivity index is 1.76. The minimum atomic E-state index is -1.47. The van der Waals surface area contributed by atoms with Crippen molar-refractivity contribution in [2.45, 2.75) is 38.0 Å². The standard InChI is InChI=1S/C20H17F3/c21-18-12-15(13-19(22)20(18)23)7-6-14-8-10-17(11-9-14)16-4-2-1-3-5-16/h8-13,16H,1-5H2. The van der Waals surface area contributed by atoms with Crippen LogP contribution in [-0.4, -0.2) is 0 Å². The highest BCUT2D eigenvalue weighted by Gasteiger charge is 2.14. The predicted molar refractivity (Wildman–Crippen MR) is 84.6 cm³/mol. The van der Waals surface area contributed by atoms with Gasteiger partial charge in [-0.1, -0.05) is 43.2 Å². The molecule has 0 atom stereocenters. The quantitative estimate of drug-likeness (QED) is 0.478. The second-order valence-corrected chi connectivity index (χ2v) is 5.96. The van der Waals surface area contributed by atoms with Crippen LogP contribution in [0.5, 0.6) is 0 Å². The largest absolute Gasteiger partial charge is 0.204 e. The fraction of sp³-hybridized carbons (Fsp3) is 0.300. The highest BCUT2D eigenvalue weighted by atomic mass is 19.2. The average Bonchev–Trinajstić information content (AvgIpc) is 2.59. The number of rotatable bonds is 1. The molecule has 0 saturated heterocycles. The molecule has 2 aromatic carbocycles. The number of hydrogen-bond donors (Lipinski definition) is 0. The van der Waals surface area contributed by atoms with Crippen molar-refractivity contribution >= 4 is 0 Å². The first-order chi connectivity index (χ1) is 11.1. The van der Waals surface area contributed by atoms with Crippen molar-refractivity contribution in [3.8, 4) is 11.8 Å². The fourth-order valence-electron chi connectivity index (χ4n) is 3.05. The minimum Gasteiger partial charge on any atom is -0.204 e. The van der Waals surface area contributed by atoms with Crippen molar-refractivity contribution in [2.24, 2.45) is 0 Å². The topological polar surface area (TPSA) is 0 Å². The van der Waals surface area contributed by atoms with Crippen LogP contribution in [-0.2, 0) is 0 Å². The molecule has 0 aliphatic heterocycles. The first-order valence-electron chi connectivity index (χ1n) is 7.90. The van der Waals surface area contributed by atoms with Gasteiger partial charge in [-0.2, -0.15) is 0 Å². The molecule has 0 radical (unpaired) electrons. The van der Waals surface area contributed by atoms with Crippen LogP contribution in [0.1, 0.15) is 54.7 Å². The summed E-state index contributed by atoms with van der Waals surface area (Å²) < 4.78 is 39.2. The first kappa shape index (κ1) is 15.7. The van der Waals surface area contributed by atoms with E-state index in [0.29, 0.717) is 5.92 Å². The smallest absolute Gasteiger partial charge is 0.194 e. The van der Waals surface area contributed by atoms with Crippen molar-refractivity contribution < 1.29 is 13.2 Å². The molecule has 118 valence electrons. The Kier molecular flexibility index (Phi) is 4.71. The van der Waals surface area contributed by atoms with E-state index < -0.39 is 17.5 Å². The van der Waals surface area contributed by atoms with Crippen LogP contribution in [0, 0.1) is 29.3 Å². The molecule has 0 N–H and O–H groups in total. The van der Waals surface area contributed by atoms with Gasteiger partial charge in [-0.25, -0.2) is 13.2 Å². The fourth-order valence-corrected chi connectivity index (χ4v) is 3.05. The van der Waals surface area contributed by atoms with Crippen LogP contribution in [0.15, 0.2) is 36.4 Å². The highest BCUT2D eigenvalue weighted by Crippen LogP contribution is 2.32. The van der Waals surface area contributed by atoms with Crippen LogP contribution in [0.2, 0.25) is 0 Å². The van der Waals surface area contributed by atoms with Gasteiger partial charge >= 0.3 is 0 Å². The Morgan fingerprint density at radius 1 is 0.739 bits per heavy atom. The molecule has 1 saturated carbocycles. The van der Waals surface area contributed by atoms with Crippen molar-refractivity contribution in [3.05, 3.63) is 70.5 Å². The summed E-state index contributed by atoms with van der Waals surface area (Å²) >= 11 is 0. The maximum absolute atomic E-state index is 13.1. The van der Waals surface area contributed by atoms with Crippen LogP contribution in [0.25, 0.3) is 0 Å². The molecule has 3 rings (SSSR count). The van der Waals surface area contributed by atoms with E-state index in [0.717, 1.165) is 17.7 Å². The summed E-state index contributed by atoms with van der Waals surface area (Å²) in [6, 6.07) is 9.81. The van der Waals surface area contributed by atoms with Gasteiger partial charge in [-0.3, -0.25) is 0 Å². The van der Waals surface area contributed by atoms with Crippen LogP contribution in [0.3, 0.4) is 0 Å². The predicted octanol–water partition coefficient (Wildman–Crippen LogP) is 5.55. The lowest BCUT2D eigenvalue weighted by Crippen LogP contribution is -2.04. The summed E-state index contributed by atoms with van der Waals surface area (Å²) in [5.41, 5.74) is 2.22. The Morgan fingerprint density at radius 2 is 1.30 bits per heavy atom. The van der Waals surface area contributed by atoms with Crippen LogP contribution < -0.4 is 0 Å². The van der Waals surface area contributed by atoms with E-state index in [4.69, 9.17) is 0 Å². The lowest BCUT2D eigenvalue weighted by molar-refractivity contribution is 0.443. The summed E-state index contributed by atoms with van der Waals surface area (Å²) in [7, 11) is 0. The molecule has 1 fully saturated rings. The minimum absolute atomic E-state index is 0.123. The monoisotopic (exact) mass is 314 g/mol. The molecular weight excluding hydrogens is 297 g/mol. The van der Waals surface area contributed by atoms with Crippen molar-refractivity contribution in [1.82, 2.24) is 0 Å². The molecule has 0 aromatic heterocycles. The van der Waals surface area contributed by atoms with E-state index in [1.54, 1.807) is 0 Å². The molecule has 1 aliphatic carbocycles. The summed E-state index contributed by atoms with van der Waals surface area (Å²) in [4.78, 5) is 0. The van der Waals surface area contributed by atoms with E-state index in [1.807, 2.05) is 12.1 Å². The second kappa shape index (κ2) is 6.91. The molecular formula is C20H17F3. The van der Waals surface area contributed by atoms with E-state index >= 15 is 0 Å². The Morgan fingerprint density at radius 3 is 1.91 bits per heavy atom. The van der Waals surface area contributed by atoms with E-state index in [2.05, 4.69) is 24.0 Å². The first-order valence-corrected chi connectivity index (χ1v) is 7.90. The molecule has 2 aromatic rings. The van der Waals surface area contributed by atoms with E-state index in [-0.39, 0.29) is 5.56 Å². The molecule has 0 spiro atoms. The summed E-state index contributed by atoms with van der Waals surface area (Å²) in [6.45, 7) is 0. The van der Waals surface area contributed by atoms with E-state index in [9.17, 15) is 13.2 Å². The lowest BCUT2D eigenvalue weighted by atomic mass is 9.84. The van der Waals surface area contributed by atoms with Gasteiger partial charge in [0.1, 0.15) is 0 Å². The van der Waals surface area contributed by atoms with E-state index in [1.165, 1.54) is 37.7 Å². The second-order valence-electron chi connectivity index (χ2n) is 5.96. The van der Waals surface area contributed by atoms with Crippen LogP contribution >= 0.6 is 0 Å². The molecule has 0 nitrogen and oxygen atoms in total. The van der Waals surface area contributed by atoms with Gasteiger partial charge in [-0.15, -0.1) is 0 Å². The lowest BCUT2D eigenvalue weighted by Gasteiger charge is -2.21. The third kappa shape index (κ3) is 3.76. The summed E-state index contributed by atoms with van der Waals surface area (Å²) in [6.07, 6.45) is 6.37. The molecule has 1 aliphatic rings. The normalized spacial score (nSPS) is 15.1. The van der Waals surface area contributed by atoms with Gasteiger partial charge in [0.25, 0.3) is 0 Å². The average molecular weight is 314 g/mol. The number of halogens is 3. The van der Waals surface area contributed by atoms with Gasteiger partial charge in [0, 0.05) is 11.1 Å². The Labute approximate surface area is 134 Å². The third-order valence-corrected chi connectivity index (χ3v) is 4.32. The zero-order chi connectivity index (χ0) is 16.2. The van der Waals surface area contributed by atoms with Crippen molar-refractivity contribution in [3.63, 3.8) is 0 Å². The Bertz CT molecular complexity index is 722. The highest BCUT2D eigenvalue weighted by molar-refractivity contribution is 5.44. The molecule has 0 unspecified atom stereocenters. The van der Waals surface area contributed by atoms with Gasteiger partial charge in [0.2, 0.25) is 0 Å². The van der Waals surface area contributed by atoms with Gasteiger partial charge in [0.15, 0.2) is 17.5 Å². The number of benzene rings is 2. The summed E-state index contributed by atoms with van der Waals surface area (Å²) in [5.74, 6) is 2.26.